The Bertz CT molecular complexity index is 725. The molecule has 0 amide bonds. The van der Waals surface area contributed by atoms with Crippen molar-refractivity contribution >= 4 is 36.0 Å². The second-order valence-electron chi connectivity index (χ2n) is 4.33. The Balaban J connectivity index is 2.84. The summed E-state index contributed by atoms with van der Waals surface area (Å²) in [5.74, 6) is -24.8. The summed E-state index contributed by atoms with van der Waals surface area (Å²) in [6.45, 7) is 0. The number of hydrogen-bond acceptors (Lipinski definition) is 0. The van der Waals surface area contributed by atoms with Crippen LogP contribution in [0.4, 0.5) is 43.9 Å². The van der Waals surface area contributed by atoms with Gasteiger partial charge in [-0.3, -0.25) is 0 Å². The van der Waals surface area contributed by atoms with E-state index >= 15 is 0 Å². The molecule has 0 unspecified atom stereocenters. The Labute approximate surface area is 138 Å². The summed E-state index contributed by atoms with van der Waals surface area (Å²) >= 11 is -5.55. The van der Waals surface area contributed by atoms with Gasteiger partial charge in [0.2, 0.25) is 0 Å². The van der Waals surface area contributed by atoms with Crippen LogP contribution in [0.1, 0.15) is 0 Å². The summed E-state index contributed by atoms with van der Waals surface area (Å²) < 4.78 is 129. The average molecular weight is 574 g/mol. The van der Waals surface area contributed by atoms with E-state index in [-0.39, 0.29) is 0 Å². The Morgan fingerprint density at radius 2 is 0.542 bits per heavy atom. The molecule has 0 saturated carbocycles. The third kappa shape index (κ3) is 2.76. The number of benzene rings is 2. The van der Waals surface area contributed by atoms with Crippen molar-refractivity contribution in [2.45, 2.75) is 0 Å². The van der Waals surface area contributed by atoms with Crippen molar-refractivity contribution < 1.29 is 43.9 Å². The third-order valence-corrected chi connectivity index (χ3v) is 14.7. The van der Waals surface area contributed by atoms with Crippen LogP contribution in [0.3, 0.4) is 0 Å². The summed E-state index contributed by atoms with van der Waals surface area (Å²) in [5, 5.41) is 0. The molecule has 2 aromatic rings. The van der Waals surface area contributed by atoms with E-state index in [0.717, 1.165) is 0 Å². The second-order valence-corrected chi connectivity index (χ2v) is 15.5. The molecule has 0 fully saturated rings. The molecule has 0 N–H and O–H groups in total. The first kappa shape index (κ1) is 19.3. The number of rotatable bonds is 2. The molecule has 0 bridgehead atoms. The van der Waals surface area contributed by atoms with Crippen molar-refractivity contribution in [2.75, 3.05) is 0 Å². The first-order valence-corrected chi connectivity index (χ1v) is 15.7. The summed E-state index contributed by atoms with van der Waals surface area (Å²) in [6.07, 6.45) is 0. The molecule has 0 aliphatic heterocycles. The maximum absolute atomic E-state index is 13.6. The van der Waals surface area contributed by atoms with Crippen LogP contribution >= 0.6 is 8.32 Å². The van der Waals surface area contributed by atoms with Crippen LogP contribution in [-0.4, -0.2) is 21.5 Å². The predicted octanol–water partition coefficient (Wildman–Crippen LogP) is 3.42. The van der Waals surface area contributed by atoms with Crippen LogP contribution in [0.15, 0.2) is 0 Å². The number of halogens is 11. The van der Waals surface area contributed by atoms with Crippen LogP contribution in [0.2, 0.25) is 0 Å². The SMILES string of the molecule is Fc1c(F)c(F)[c]([Tl]([Cl])[c]2c(F)c(F)c(F)c(F)c2F)c(F)c1F. The van der Waals surface area contributed by atoms with Crippen molar-refractivity contribution in [3.8, 4) is 0 Å². The number of hydrogen-bond donors (Lipinski definition) is 0. The molecule has 0 saturated heterocycles. The first-order valence-electron chi connectivity index (χ1n) is 5.69. The Kier molecular flexibility index (Phi) is 5.37. The van der Waals surface area contributed by atoms with Crippen molar-refractivity contribution in [1.29, 1.82) is 0 Å². The van der Waals surface area contributed by atoms with E-state index in [9.17, 15) is 43.9 Å². The van der Waals surface area contributed by atoms with Crippen molar-refractivity contribution in [3.05, 3.63) is 58.2 Å². The molecule has 0 atom stereocenters. The van der Waals surface area contributed by atoms with Gasteiger partial charge in [-0.1, -0.05) is 0 Å². The van der Waals surface area contributed by atoms with Crippen LogP contribution in [0, 0.1) is 58.2 Å². The normalized spacial score (nSPS) is 11.1. The molecule has 0 spiro atoms. The minimum atomic E-state index is -5.55. The summed E-state index contributed by atoms with van der Waals surface area (Å²) in [5.41, 5.74) is 0. The first-order chi connectivity index (χ1) is 11.0. The predicted molar refractivity (Wildman–Crippen MR) is 63.3 cm³/mol. The van der Waals surface area contributed by atoms with Crippen molar-refractivity contribution in [2.24, 2.45) is 0 Å². The summed E-state index contributed by atoms with van der Waals surface area (Å²) in [4.78, 5) is 0. The van der Waals surface area contributed by atoms with Crippen molar-refractivity contribution in [3.63, 3.8) is 0 Å². The molecule has 2 aromatic carbocycles. The zero-order chi connectivity index (χ0) is 18.5. The Morgan fingerprint density at radius 3 is 0.750 bits per heavy atom. The van der Waals surface area contributed by atoms with Gasteiger partial charge >= 0.3 is 138 Å². The van der Waals surface area contributed by atoms with Gasteiger partial charge in [-0.25, -0.2) is 0 Å². The summed E-state index contributed by atoms with van der Waals surface area (Å²) in [6, 6.07) is 0. The van der Waals surface area contributed by atoms with Gasteiger partial charge in [-0.05, 0) is 0 Å². The molecule has 0 aliphatic carbocycles. The molecule has 0 heterocycles. The Hall–Kier alpha value is -1.05. The van der Waals surface area contributed by atoms with E-state index in [0.29, 0.717) is 0 Å². The third-order valence-electron chi connectivity index (χ3n) is 2.99. The molecule has 0 nitrogen and oxygen atoms in total. The fourth-order valence-corrected chi connectivity index (χ4v) is 11.7. The molecular formula is C12ClF10Tl. The average Bonchev–Trinajstić information content (AvgIpc) is 2.55. The van der Waals surface area contributed by atoms with E-state index in [1.54, 1.807) is 0 Å². The molecular weight excluding hydrogens is 574 g/mol. The van der Waals surface area contributed by atoms with E-state index in [1.165, 1.54) is 0 Å². The maximum atomic E-state index is 13.6. The second kappa shape index (κ2) is 6.69. The van der Waals surface area contributed by atoms with Crippen LogP contribution in [0.5, 0.6) is 0 Å². The standard InChI is InChI=1S/2C6F5.ClH.Tl/c2*7-2-1-3(8)5(10)6(11)4(2)9;;/h;;1H;/q;;;+1/p-1. The van der Waals surface area contributed by atoms with E-state index in [1.807, 2.05) is 0 Å². The minimum absolute atomic E-state index is 1.74. The van der Waals surface area contributed by atoms with E-state index in [4.69, 9.17) is 8.32 Å². The summed E-state index contributed by atoms with van der Waals surface area (Å²) in [7, 11) is 5.50. The van der Waals surface area contributed by atoms with E-state index < -0.39 is 85.9 Å². The molecule has 128 valence electrons. The molecule has 12 heteroatoms. The van der Waals surface area contributed by atoms with Gasteiger partial charge < -0.3 is 0 Å². The van der Waals surface area contributed by atoms with Gasteiger partial charge in [0, 0.05) is 0 Å². The van der Waals surface area contributed by atoms with Gasteiger partial charge in [-0.2, -0.15) is 0 Å². The molecule has 0 aliphatic rings. The van der Waals surface area contributed by atoms with Gasteiger partial charge in [0.05, 0.1) is 0 Å². The molecule has 24 heavy (non-hydrogen) atoms. The topological polar surface area (TPSA) is 0 Å². The quantitative estimate of drug-likeness (QED) is 0.224. The monoisotopic (exact) mass is 574 g/mol. The molecule has 0 aromatic heterocycles. The molecule has 0 radical (unpaired) electrons. The van der Waals surface area contributed by atoms with Crippen LogP contribution in [0.25, 0.3) is 0 Å². The van der Waals surface area contributed by atoms with Crippen LogP contribution < -0.4 is 6.25 Å². The van der Waals surface area contributed by atoms with E-state index in [2.05, 4.69) is 0 Å². The zero-order valence-electron chi connectivity index (χ0n) is 10.7. The fraction of sp³-hybridized carbons (Fsp3) is 0. The fourth-order valence-electron chi connectivity index (χ4n) is 1.83. The van der Waals surface area contributed by atoms with Gasteiger partial charge in [0.15, 0.2) is 0 Å². The van der Waals surface area contributed by atoms with Gasteiger partial charge in [0.25, 0.3) is 0 Å². The van der Waals surface area contributed by atoms with Gasteiger partial charge in [-0.15, -0.1) is 0 Å². The van der Waals surface area contributed by atoms with Crippen molar-refractivity contribution in [1.82, 2.24) is 0 Å². The van der Waals surface area contributed by atoms with Gasteiger partial charge in [0.1, 0.15) is 0 Å². The zero-order valence-corrected chi connectivity index (χ0v) is 16.0. The Morgan fingerprint density at radius 1 is 0.375 bits per heavy atom. The van der Waals surface area contributed by atoms with Crippen LogP contribution in [-0.2, 0) is 0 Å². The molecule has 2 rings (SSSR count).